The second-order valence-electron chi connectivity index (χ2n) is 7.72. The number of aromatic carboxylic acids is 1. The molecule has 36 heavy (non-hydrogen) atoms. The van der Waals surface area contributed by atoms with Crippen molar-refractivity contribution in [1.29, 1.82) is 0 Å². The minimum absolute atomic E-state index is 0. The van der Waals surface area contributed by atoms with Gasteiger partial charge in [0, 0.05) is 25.5 Å². The maximum atomic E-state index is 14.2. The Kier molecular flexibility index (Phi) is 8.51. The van der Waals surface area contributed by atoms with Crippen molar-refractivity contribution < 1.29 is 28.9 Å². The molecule has 4 rings (SSSR count). The molecule has 4 N–H and O–H groups in total. The summed E-state index contributed by atoms with van der Waals surface area (Å²) in [4.78, 5) is 34.7. The fraction of sp³-hybridized carbons (Fsp3) is 0.217. The standard InChI is InChI=1S/C23H21ClFN5O5.ClH/c1-30(18-6-3-9-35-18)20-14(21(32)28-19-15(24)4-2-5-16(19)25)11-26-23(29-20)27-12-7-8-17(31)13(10-12)22(33)34;/h2,4-5,7-8,10-11,18,31H,3,6,9H2,1H3,(H,28,32)(H,33,34)(H,26,27,29);1H. The van der Waals surface area contributed by atoms with Gasteiger partial charge in [0.1, 0.15) is 34.7 Å². The van der Waals surface area contributed by atoms with Crippen LogP contribution in [0.2, 0.25) is 5.02 Å². The first-order chi connectivity index (χ1) is 16.7. The molecule has 1 atom stereocenters. The maximum absolute atomic E-state index is 14.2. The van der Waals surface area contributed by atoms with Gasteiger partial charge in [-0.2, -0.15) is 4.98 Å². The van der Waals surface area contributed by atoms with Crippen molar-refractivity contribution in [2.75, 3.05) is 29.2 Å². The molecule has 0 spiro atoms. The van der Waals surface area contributed by atoms with E-state index < -0.39 is 17.7 Å². The molecule has 1 saturated heterocycles. The number of aromatic hydroxyl groups is 1. The zero-order valence-corrected chi connectivity index (χ0v) is 20.4. The zero-order chi connectivity index (χ0) is 25.1. The molecule has 10 nitrogen and oxygen atoms in total. The summed E-state index contributed by atoms with van der Waals surface area (Å²) in [7, 11) is 1.71. The van der Waals surface area contributed by atoms with Crippen LogP contribution in [0.4, 0.5) is 27.5 Å². The highest BCUT2D eigenvalue weighted by Crippen LogP contribution is 2.30. The van der Waals surface area contributed by atoms with Crippen LogP contribution >= 0.6 is 24.0 Å². The van der Waals surface area contributed by atoms with Gasteiger partial charge in [0.2, 0.25) is 5.95 Å². The van der Waals surface area contributed by atoms with Crippen molar-refractivity contribution in [3.63, 3.8) is 0 Å². The Labute approximate surface area is 216 Å². The Morgan fingerprint density at radius 1 is 1.25 bits per heavy atom. The molecule has 1 fully saturated rings. The molecule has 1 unspecified atom stereocenters. The normalized spacial score (nSPS) is 14.6. The number of aromatic nitrogens is 2. The number of carboxylic acid groups (broad SMARTS) is 1. The molecule has 1 aliphatic rings. The third-order valence-electron chi connectivity index (χ3n) is 5.37. The van der Waals surface area contributed by atoms with Crippen LogP contribution in [0.25, 0.3) is 0 Å². The number of hydrogen-bond donors (Lipinski definition) is 4. The number of nitrogens with one attached hydrogen (secondary N) is 2. The number of phenols is 1. The van der Waals surface area contributed by atoms with Gasteiger partial charge in [-0.15, -0.1) is 12.4 Å². The predicted molar refractivity (Wildman–Crippen MR) is 134 cm³/mol. The van der Waals surface area contributed by atoms with E-state index in [1.165, 1.54) is 42.6 Å². The molecule has 2 heterocycles. The fourth-order valence-electron chi connectivity index (χ4n) is 3.58. The maximum Gasteiger partial charge on any atom is 0.339 e. The zero-order valence-electron chi connectivity index (χ0n) is 18.9. The second kappa shape index (κ2) is 11.4. The first-order valence-corrected chi connectivity index (χ1v) is 10.9. The third-order valence-corrected chi connectivity index (χ3v) is 5.68. The van der Waals surface area contributed by atoms with Gasteiger partial charge in [-0.05, 0) is 43.2 Å². The average molecular weight is 538 g/mol. The monoisotopic (exact) mass is 537 g/mol. The molecule has 2 aromatic carbocycles. The van der Waals surface area contributed by atoms with Gasteiger partial charge in [-0.25, -0.2) is 14.2 Å². The summed E-state index contributed by atoms with van der Waals surface area (Å²) in [6.07, 6.45) is 2.47. The molecule has 1 amide bonds. The topological polar surface area (TPSA) is 137 Å². The van der Waals surface area contributed by atoms with Crippen LogP contribution in [0, 0.1) is 5.82 Å². The van der Waals surface area contributed by atoms with E-state index >= 15 is 0 Å². The van der Waals surface area contributed by atoms with Crippen molar-refractivity contribution in [2.45, 2.75) is 19.1 Å². The summed E-state index contributed by atoms with van der Waals surface area (Å²) in [6.45, 7) is 0.559. The molecule has 0 radical (unpaired) electrons. The molecule has 0 saturated carbocycles. The number of carboxylic acids is 1. The lowest BCUT2D eigenvalue weighted by atomic mass is 10.2. The van der Waals surface area contributed by atoms with Crippen LogP contribution in [-0.4, -0.2) is 51.9 Å². The molecule has 0 bridgehead atoms. The van der Waals surface area contributed by atoms with E-state index in [1.807, 2.05) is 0 Å². The van der Waals surface area contributed by atoms with E-state index in [9.17, 15) is 24.2 Å². The quantitative estimate of drug-likeness (QED) is 0.317. The van der Waals surface area contributed by atoms with Gasteiger partial charge in [0.25, 0.3) is 5.91 Å². The number of hydrogen-bond acceptors (Lipinski definition) is 8. The van der Waals surface area contributed by atoms with E-state index in [0.29, 0.717) is 18.7 Å². The lowest BCUT2D eigenvalue weighted by Crippen LogP contribution is -2.33. The van der Waals surface area contributed by atoms with Crippen LogP contribution in [0.3, 0.4) is 0 Å². The van der Waals surface area contributed by atoms with Gasteiger partial charge in [0.15, 0.2) is 0 Å². The summed E-state index contributed by atoms with van der Waals surface area (Å²) in [5.74, 6) is -2.79. The van der Waals surface area contributed by atoms with Crippen molar-refractivity contribution in [2.24, 2.45) is 0 Å². The van der Waals surface area contributed by atoms with Crippen molar-refractivity contribution in [3.05, 3.63) is 64.6 Å². The molecule has 190 valence electrons. The number of nitrogens with zero attached hydrogens (tertiary/aromatic N) is 3. The highest BCUT2D eigenvalue weighted by molar-refractivity contribution is 6.34. The minimum Gasteiger partial charge on any atom is -0.507 e. The Bertz CT molecular complexity index is 1270. The van der Waals surface area contributed by atoms with Crippen molar-refractivity contribution in [1.82, 2.24) is 9.97 Å². The number of amides is 1. The molecule has 1 aromatic heterocycles. The van der Waals surface area contributed by atoms with Gasteiger partial charge in [0.05, 0.1) is 10.7 Å². The van der Waals surface area contributed by atoms with E-state index in [0.717, 1.165) is 6.42 Å². The lowest BCUT2D eigenvalue weighted by molar-refractivity contribution is 0.0693. The van der Waals surface area contributed by atoms with Crippen LogP contribution < -0.4 is 15.5 Å². The van der Waals surface area contributed by atoms with Gasteiger partial charge in [-0.1, -0.05) is 17.7 Å². The predicted octanol–water partition coefficient (Wildman–Crippen LogP) is 4.66. The summed E-state index contributed by atoms with van der Waals surface area (Å²) in [5, 5.41) is 24.3. The first kappa shape index (κ1) is 26.9. The number of para-hydroxylation sites is 1. The number of anilines is 4. The highest BCUT2D eigenvalue weighted by atomic mass is 35.5. The van der Waals surface area contributed by atoms with Gasteiger partial charge < -0.3 is 30.5 Å². The molecule has 1 aliphatic heterocycles. The van der Waals surface area contributed by atoms with E-state index in [-0.39, 0.29) is 58.0 Å². The molecule has 3 aromatic rings. The average Bonchev–Trinajstić information content (AvgIpc) is 3.37. The Morgan fingerprint density at radius 2 is 2.03 bits per heavy atom. The Hall–Kier alpha value is -3.67. The summed E-state index contributed by atoms with van der Waals surface area (Å²) < 4.78 is 19.9. The number of rotatable bonds is 7. The van der Waals surface area contributed by atoms with Crippen molar-refractivity contribution >= 4 is 59.0 Å². The third kappa shape index (κ3) is 5.76. The van der Waals surface area contributed by atoms with E-state index in [4.69, 9.17) is 16.3 Å². The summed E-state index contributed by atoms with van der Waals surface area (Å²) in [6, 6.07) is 7.96. The second-order valence-corrected chi connectivity index (χ2v) is 8.13. The SMILES string of the molecule is CN(c1nc(Nc2ccc(O)c(C(=O)O)c2)ncc1C(=O)Nc1c(F)cccc1Cl)C1CCCO1.Cl. The molecule has 0 aliphatic carbocycles. The van der Waals surface area contributed by atoms with E-state index in [1.54, 1.807) is 11.9 Å². The van der Waals surface area contributed by atoms with Gasteiger partial charge >= 0.3 is 5.97 Å². The van der Waals surface area contributed by atoms with Crippen LogP contribution in [-0.2, 0) is 4.74 Å². The van der Waals surface area contributed by atoms with E-state index in [2.05, 4.69) is 20.6 Å². The molecular formula is C23H22Cl2FN5O5. The number of benzene rings is 2. The number of ether oxygens (including phenoxy) is 1. The number of halogens is 3. The molecular weight excluding hydrogens is 516 g/mol. The first-order valence-electron chi connectivity index (χ1n) is 10.5. The highest BCUT2D eigenvalue weighted by Gasteiger charge is 2.27. The Balaban J connectivity index is 0.00000361. The largest absolute Gasteiger partial charge is 0.507 e. The fourth-order valence-corrected chi connectivity index (χ4v) is 3.79. The number of carbonyl (C=O) groups excluding carboxylic acids is 1. The van der Waals surface area contributed by atoms with Crippen LogP contribution in [0.5, 0.6) is 5.75 Å². The van der Waals surface area contributed by atoms with Gasteiger partial charge in [-0.3, -0.25) is 4.79 Å². The van der Waals surface area contributed by atoms with Crippen LogP contribution in [0.1, 0.15) is 33.6 Å². The smallest absolute Gasteiger partial charge is 0.339 e. The Morgan fingerprint density at radius 3 is 2.69 bits per heavy atom. The molecule has 13 heteroatoms. The van der Waals surface area contributed by atoms with Crippen molar-refractivity contribution in [3.8, 4) is 5.75 Å². The lowest BCUT2D eigenvalue weighted by Gasteiger charge is -2.26. The van der Waals surface area contributed by atoms with Crippen LogP contribution in [0.15, 0.2) is 42.6 Å². The minimum atomic E-state index is -1.30. The summed E-state index contributed by atoms with van der Waals surface area (Å²) in [5.41, 5.74) is -0.118. The number of carbonyl (C=O) groups is 2. The summed E-state index contributed by atoms with van der Waals surface area (Å²) >= 11 is 6.04.